The Morgan fingerprint density at radius 3 is 2.35 bits per heavy atom. The zero-order valence-electron chi connectivity index (χ0n) is 16.7. The van der Waals surface area contributed by atoms with Crippen LogP contribution in [0.4, 0.5) is 17.1 Å². The van der Waals surface area contributed by atoms with E-state index in [0.717, 1.165) is 27.8 Å². The third kappa shape index (κ3) is 4.40. The smallest absolute Gasteiger partial charge is 0.255 e. The molecule has 0 fully saturated rings. The van der Waals surface area contributed by atoms with E-state index in [9.17, 15) is 13.2 Å². The first kappa shape index (κ1) is 20.5. The topological polar surface area (TPSA) is 114 Å². The van der Waals surface area contributed by atoms with E-state index in [2.05, 4.69) is 15.6 Å². The highest BCUT2D eigenvalue weighted by molar-refractivity contribution is 7.89. The van der Waals surface area contributed by atoms with Gasteiger partial charge in [-0.2, -0.15) is 0 Å². The van der Waals surface area contributed by atoms with Gasteiger partial charge in [0.2, 0.25) is 10.0 Å². The molecule has 0 unspecified atom stereocenters. The molecule has 4 rings (SSSR count). The lowest BCUT2D eigenvalue weighted by Gasteiger charge is -2.13. The molecule has 1 aromatic heterocycles. The van der Waals surface area contributed by atoms with Crippen molar-refractivity contribution >= 4 is 43.9 Å². The number of rotatable bonds is 5. The summed E-state index contributed by atoms with van der Waals surface area (Å²) in [7, 11) is -3.95. The fraction of sp³-hybridized carbons (Fsp3) is 0.0435. The van der Waals surface area contributed by atoms with Gasteiger partial charge in [-0.05, 0) is 55.0 Å². The molecule has 1 amide bonds. The molecule has 0 atom stereocenters. The van der Waals surface area contributed by atoms with Crippen LogP contribution in [0.15, 0.2) is 83.9 Å². The molecular weight excluding hydrogens is 412 g/mol. The molecule has 7 nitrogen and oxygen atoms in total. The van der Waals surface area contributed by atoms with Gasteiger partial charge in [0.25, 0.3) is 5.91 Å². The number of carbonyl (C=O) groups excluding carboxylic acids is 1. The Labute approximate surface area is 180 Å². The second kappa shape index (κ2) is 8.17. The standard InChI is InChI=1S/C23H20N4O3S/c1-15-14-25-19-7-3-2-6-18(19)22(15)26-17-12-10-16(11-13-17)23(28)27-20-8-4-5-9-21(20)31(24,29)30/h2-14H,1H3,(H,25,26)(H,27,28)(H2,24,29,30). The van der Waals surface area contributed by atoms with Gasteiger partial charge in [-0.15, -0.1) is 0 Å². The highest BCUT2D eigenvalue weighted by atomic mass is 32.2. The number of pyridine rings is 1. The van der Waals surface area contributed by atoms with E-state index in [0.29, 0.717) is 5.56 Å². The van der Waals surface area contributed by atoms with Crippen LogP contribution in [0, 0.1) is 6.92 Å². The van der Waals surface area contributed by atoms with Crippen LogP contribution in [0.3, 0.4) is 0 Å². The third-order valence-electron chi connectivity index (χ3n) is 4.82. The van der Waals surface area contributed by atoms with E-state index in [-0.39, 0.29) is 10.6 Å². The van der Waals surface area contributed by atoms with Gasteiger partial charge in [-0.25, -0.2) is 13.6 Å². The molecule has 4 N–H and O–H groups in total. The number of fused-ring (bicyclic) bond motifs is 1. The Morgan fingerprint density at radius 2 is 1.61 bits per heavy atom. The number of nitrogens with one attached hydrogen (secondary N) is 2. The molecular formula is C23H20N4O3S. The van der Waals surface area contributed by atoms with Crippen LogP contribution >= 0.6 is 0 Å². The number of hydrogen-bond acceptors (Lipinski definition) is 5. The van der Waals surface area contributed by atoms with Crippen LogP contribution in [0.2, 0.25) is 0 Å². The zero-order valence-corrected chi connectivity index (χ0v) is 17.5. The van der Waals surface area contributed by atoms with Crippen molar-refractivity contribution in [3.8, 4) is 0 Å². The van der Waals surface area contributed by atoms with Gasteiger partial charge in [-0.1, -0.05) is 30.3 Å². The van der Waals surface area contributed by atoms with Crippen molar-refractivity contribution in [1.82, 2.24) is 4.98 Å². The Morgan fingerprint density at radius 1 is 0.935 bits per heavy atom. The summed E-state index contributed by atoms with van der Waals surface area (Å²) in [5, 5.41) is 12.2. The lowest BCUT2D eigenvalue weighted by atomic mass is 10.1. The Hall–Kier alpha value is -3.75. The van der Waals surface area contributed by atoms with Crippen LogP contribution in [0.1, 0.15) is 15.9 Å². The molecule has 4 aromatic rings. The summed E-state index contributed by atoms with van der Waals surface area (Å²) < 4.78 is 23.4. The van der Waals surface area contributed by atoms with E-state index >= 15 is 0 Å². The minimum absolute atomic E-state index is 0.135. The van der Waals surface area contributed by atoms with Gasteiger partial charge in [-0.3, -0.25) is 9.78 Å². The van der Waals surface area contributed by atoms with Gasteiger partial charge in [0.15, 0.2) is 0 Å². The zero-order chi connectivity index (χ0) is 22.0. The van der Waals surface area contributed by atoms with E-state index in [4.69, 9.17) is 5.14 Å². The molecule has 31 heavy (non-hydrogen) atoms. The largest absolute Gasteiger partial charge is 0.355 e. The summed E-state index contributed by atoms with van der Waals surface area (Å²) in [6, 6.07) is 20.8. The number of nitrogens with two attached hydrogens (primary N) is 1. The lowest BCUT2D eigenvalue weighted by Crippen LogP contribution is -2.18. The SMILES string of the molecule is Cc1cnc2ccccc2c1Nc1ccc(C(=O)Nc2ccccc2S(N)(=O)=O)cc1. The van der Waals surface area contributed by atoms with E-state index in [1.165, 1.54) is 12.1 Å². The first-order valence-corrected chi connectivity index (χ1v) is 11.0. The average molecular weight is 433 g/mol. The fourth-order valence-electron chi connectivity index (χ4n) is 3.27. The number of amides is 1. The monoisotopic (exact) mass is 432 g/mol. The van der Waals surface area contributed by atoms with E-state index < -0.39 is 15.9 Å². The van der Waals surface area contributed by atoms with Gasteiger partial charge in [0, 0.05) is 22.8 Å². The van der Waals surface area contributed by atoms with Crippen LogP contribution < -0.4 is 15.8 Å². The molecule has 156 valence electrons. The van der Waals surface area contributed by atoms with Crippen LogP contribution in [0.5, 0.6) is 0 Å². The third-order valence-corrected chi connectivity index (χ3v) is 5.79. The van der Waals surface area contributed by atoms with Gasteiger partial charge >= 0.3 is 0 Å². The highest BCUT2D eigenvalue weighted by Gasteiger charge is 2.16. The summed E-state index contributed by atoms with van der Waals surface area (Å²) in [5.41, 5.74) is 4.16. The number of aryl methyl sites for hydroxylation is 1. The molecule has 1 heterocycles. The maximum absolute atomic E-state index is 12.6. The number of aromatic nitrogens is 1. The highest BCUT2D eigenvalue weighted by Crippen LogP contribution is 2.28. The van der Waals surface area contributed by atoms with Crippen LogP contribution in [0.25, 0.3) is 10.9 Å². The van der Waals surface area contributed by atoms with E-state index in [1.807, 2.05) is 37.4 Å². The molecule has 0 saturated heterocycles. The molecule has 0 aliphatic carbocycles. The molecule has 0 saturated carbocycles. The number of nitrogens with zero attached hydrogens (tertiary/aromatic N) is 1. The van der Waals surface area contributed by atoms with Gasteiger partial charge in [0.1, 0.15) is 4.90 Å². The first-order chi connectivity index (χ1) is 14.8. The number of para-hydroxylation sites is 2. The predicted molar refractivity (Wildman–Crippen MR) is 122 cm³/mol. The number of primary sulfonamides is 1. The van der Waals surface area contributed by atoms with Crippen molar-refractivity contribution in [2.75, 3.05) is 10.6 Å². The maximum Gasteiger partial charge on any atom is 0.255 e. The van der Waals surface area contributed by atoms with E-state index in [1.54, 1.807) is 36.4 Å². The van der Waals surface area contributed by atoms with Crippen molar-refractivity contribution in [3.63, 3.8) is 0 Å². The fourth-order valence-corrected chi connectivity index (χ4v) is 3.96. The molecule has 0 radical (unpaired) electrons. The maximum atomic E-state index is 12.6. The summed E-state index contributed by atoms with van der Waals surface area (Å²) in [5.74, 6) is -0.437. The van der Waals surface area contributed by atoms with Crippen molar-refractivity contribution in [3.05, 3.63) is 90.1 Å². The average Bonchev–Trinajstić information content (AvgIpc) is 2.76. The Kier molecular flexibility index (Phi) is 5.41. The van der Waals surface area contributed by atoms with Gasteiger partial charge in [0.05, 0.1) is 16.9 Å². The van der Waals surface area contributed by atoms with Crippen molar-refractivity contribution in [2.45, 2.75) is 11.8 Å². The number of sulfonamides is 1. The quantitative estimate of drug-likeness (QED) is 0.438. The molecule has 8 heteroatoms. The minimum Gasteiger partial charge on any atom is -0.355 e. The molecule has 0 aliphatic rings. The van der Waals surface area contributed by atoms with Crippen molar-refractivity contribution < 1.29 is 13.2 Å². The number of carbonyl (C=O) groups is 1. The number of benzene rings is 3. The van der Waals surface area contributed by atoms with Crippen molar-refractivity contribution in [1.29, 1.82) is 0 Å². The summed E-state index contributed by atoms with van der Waals surface area (Å²) in [6.45, 7) is 1.98. The molecule has 0 bridgehead atoms. The van der Waals surface area contributed by atoms with Crippen LogP contribution in [-0.2, 0) is 10.0 Å². The predicted octanol–water partition coefficient (Wildman–Crippen LogP) is 4.19. The summed E-state index contributed by atoms with van der Waals surface area (Å²) >= 11 is 0. The summed E-state index contributed by atoms with van der Waals surface area (Å²) in [6.07, 6.45) is 1.81. The van der Waals surface area contributed by atoms with Gasteiger partial charge < -0.3 is 10.6 Å². The molecule has 0 spiro atoms. The minimum atomic E-state index is -3.95. The lowest BCUT2D eigenvalue weighted by molar-refractivity contribution is 0.102. The second-order valence-corrected chi connectivity index (χ2v) is 8.56. The molecule has 0 aliphatic heterocycles. The van der Waals surface area contributed by atoms with Crippen LogP contribution in [-0.4, -0.2) is 19.3 Å². The Balaban J connectivity index is 1.56. The number of anilines is 3. The summed E-state index contributed by atoms with van der Waals surface area (Å²) in [4.78, 5) is 16.9. The normalized spacial score (nSPS) is 11.3. The Bertz CT molecular complexity index is 1380. The molecule has 3 aromatic carbocycles. The van der Waals surface area contributed by atoms with Crippen molar-refractivity contribution in [2.24, 2.45) is 5.14 Å². The number of hydrogen-bond donors (Lipinski definition) is 3. The first-order valence-electron chi connectivity index (χ1n) is 9.47. The second-order valence-electron chi connectivity index (χ2n) is 7.03.